The van der Waals surface area contributed by atoms with E-state index in [2.05, 4.69) is 10.2 Å². The Morgan fingerprint density at radius 1 is 1.27 bits per heavy atom. The molecule has 6 heteroatoms. The summed E-state index contributed by atoms with van der Waals surface area (Å²) < 4.78 is 0. The number of carbonyl (C=O) groups excluding carboxylic acids is 1. The molecule has 0 aliphatic carbocycles. The van der Waals surface area contributed by atoms with Crippen LogP contribution in [0.25, 0.3) is 0 Å². The Kier molecular flexibility index (Phi) is 4.02. The summed E-state index contributed by atoms with van der Waals surface area (Å²) >= 11 is 0. The first kappa shape index (κ1) is 14.5. The minimum Gasteiger partial charge on any atom is -0.378 e. The molecule has 1 amide bonds. The highest BCUT2D eigenvalue weighted by molar-refractivity contribution is 5.82. The van der Waals surface area contributed by atoms with Crippen molar-refractivity contribution in [1.82, 2.24) is 15.1 Å². The first-order valence-electron chi connectivity index (χ1n) is 7.26. The molecular formula is C16H17N3O3. The Balaban J connectivity index is 1.82. The molecule has 1 aromatic carbocycles. The van der Waals surface area contributed by atoms with Crippen molar-refractivity contribution in [2.24, 2.45) is 0 Å². The second-order valence-corrected chi connectivity index (χ2v) is 5.35. The number of H-pyrrole nitrogens is 1. The molecule has 6 nitrogen and oxygen atoms in total. The van der Waals surface area contributed by atoms with Crippen LogP contribution in [0.3, 0.4) is 0 Å². The Hall–Kier alpha value is -2.47. The lowest BCUT2D eigenvalue weighted by Crippen LogP contribution is -2.35. The molecule has 0 spiro atoms. The zero-order valence-electron chi connectivity index (χ0n) is 12.0. The number of rotatable bonds is 3. The first-order valence-corrected chi connectivity index (χ1v) is 7.26. The third-order valence-electron chi connectivity index (χ3n) is 3.93. The number of aromatic nitrogens is 2. The van der Waals surface area contributed by atoms with Gasteiger partial charge >= 0.3 is 0 Å². The van der Waals surface area contributed by atoms with Gasteiger partial charge in [0.25, 0.3) is 11.5 Å². The van der Waals surface area contributed by atoms with Gasteiger partial charge in [-0.25, -0.2) is 5.10 Å². The van der Waals surface area contributed by atoms with E-state index in [1.165, 1.54) is 6.07 Å². The average Bonchev–Trinajstić information content (AvgIpc) is 3.04. The van der Waals surface area contributed by atoms with Gasteiger partial charge in [-0.3, -0.25) is 9.59 Å². The zero-order valence-corrected chi connectivity index (χ0v) is 12.0. The molecule has 0 bridgehead atoms. The van der Waals surface area contributed by atoms with Crippen molar-refractivity contribution in [3.8, 4) is 0 Å². The van der Waals surface area contributed by atoms with Gasteiger partial charge in [0.1, 0.15) is 0 Å². The Morgan fingerprint density at radius 3 is 2.73 bits per heavy atom. The molecule has 2 N–H and O–H groups in total. The molecule has 22 heavy (non-hydrogen) atoms. The van der Waals surface area contributed by atoms with Crippen molar-refractivity contribution < 1.29 is 9.90 Å². The fourth-order valence-corrected chi connectivity index (χ4v) is 2.81. The van der Waals surface area contributed by atoms with E-state index < -0.39 is 6.10 Å². The first-order chi connectivity index (χ1) is 10.7. The molecule has 1 aliphatic heterocycles. The van der Waals surface area contributed by atoms with Crippen LogP contribution in [-0.4, -0.2) is 32.7 Å². The molecule has 114 valence electrons. The van der Waals surface area contributed by atoms with Crippen molar-refractivity contribution >= 4 is 5.91 Å². The highest BCUT2D eigenvalue weighted by Gasteiger charge is 2.34. The maximum absolute atomic E-state index is 12.6. The van der Waals surface area contributed by atoms with E-state index in [0.29, 0.717) is 17.8 Å². The monoisotopic (exact) mass is 299 g/mol. The number of carbonyl (C=O) groups is 1. The molecule has 2 heterocycles. The number of aliphatic hydroxyl groups is 1. The van der Waals surface area contributed by atoms with Crippen LogP contribution in [0, 0.1) is 0 Å². The minimum atomic E-state index is -1.18. The molecule has 2 atom stereocenters. The van der Waals surface area contributed by atoms with E-state index in [0.717, 1.165) is 12.8 Å². The number of nitrogens with one attached hydrogen (secondary N) is 1. The second-order valence-electron chi connectivity index (χ2n) is 5.35. The quantitative estimate of drug-likeness (QED) is 0.890. The lowest BCUT2D eigenvalue weighted by molar-refractivity contribution is -0.141. The molecule has 1 unspecified atom stereocenters. The maximum Gasteiger partial charge on any atom is 0.264 e. The predicted molar refractivity (Wildman–Crippen MR) is 79.9 cm³/mol. The molecule has 1 saturated heterocycles. The van der Waals surface area contributed by atoms with E-state index in [9.17, 15) is 14.7 Å². The number of nitrogens with zero attached hydrogens (tertiary/aromatic N) is 2. The number of aromatic amines is 1. The molecular weight excluding hydrogens is 282 g/mol. The fraction of sp³-hybridized carbons (Fsp3) is 0.312. The summed E-state index contributed by atoms with van der Waals surface area (Å²) in [7, 11) is 0. The lowest BCUT2D eigenvalue weighted by Gasteiger charge is -2.26. The van der Waals surface area contributed by atoms with Crippen LogP contribution in [0.5, 0.6) is 0 Å². The van der Waals surface area contributed by atoms with Crippen molar-refractivity contribution in [3.05, 3.63) is 64.1 Å². The molecule has 0 radical (unpaired) electrons. The third kappa shape index (κ3) is 2.78. The van der Waals surface area contributed by atoms with Crippen molar-refractivity contribution in [2.45, 2.75) is 25.0 Å². The summed E-state index contributed by atoms with van der Waals surface area (Å²) in [4.78, 5) is 25.3. The summed E-state index contributed by atoms with van der Waals surface area (Å²) in [5.41, 5.74) is 0.947. The maximum atomic E-state index is 12.6. The van der Waals surface area contributed by atoms with Crippen molar-refractivity contribution in [1.29, 1.82) is 0 Å². The molecule has 2 aromatic rings. The van der Waals surface area contributed by atoms with Gasteiger partial charge in [0.05, 0.1) is 11.7 Å². The van der Waals surface area contributed by atoms with Gasteiger partial charge in [-0.15, -0.1) is 0 Å². The van der Waals surface area contributed by atoms with E-state index in [-0.39, 0.29) is 17.5 Å². The highest BCUT2D eigenvalue weighted by atomic mass is 16.3. The largest absolute Gasteiger partial charge is 0.378 e. The topological polar surface area (TPSA) is 86.3 Å². The zero-order chi connectivity index (χ0) is 15.5. The second kappa shape index (κ2) is 6.11. The Bertz CT molecular complexity index is 694. The summed E-state index contributed by atoms with van der Waals surface area (Å²) in [6, 6.07) is 11.7. The minimum absolute atomic E-state index is 0.206. The standard InChI is InChI=1S/C16H17N3O3/c20-14-9-8-12(17-18-14)13-7-4-10-19(13)16(22)15(21)11-5-2-1-3-6-11/h1-3,5-6,8-9,13,15,21H,4,7,10H2,(H,18,20)/t13?,15-/m1/s1. The summed E-state index contributed by atoms with van der Waals surface area (Å²) in [5.74, 6) is -0.332. The van der Waals surface area contributed by atoms with Gasteiger partial charge in [0.2, 0.25) is 0 Å². The molecule has 1 fully saturated rings. The number of amides is 1. The van der Waals surface area contributed by atoms with Crippen molar-refractivity contribution in [3.63, 3.8) is 0 Å². The van der Waals surface area contributed by atoms with E-state index in [1.807, 2.05) is 6.07 Å². The number of benzene rings is 1. The van der Waals surface area contributed by atoms with Gasteiger partial charge in [0, 0.05) is 12.6 Å². The Morgan fingerprint density at radius 2 is 2.05 bits per heavy atom. The Labute approximate surface area is 127 Å². The normalized spacial score (nSPS) is 19.1. The van der Waals surface area contributed by atoms with E-state index >= 15 is 0 Å². The van der Waals surface area contributed by atoms with Gasteiger partial charge in [-0.1, -0.05) is 30.3 Å². The van der Waals surface area contributed by atoms with Crippen LogP contribution in [0.4, 0.5) is 0 Å². The van der Waals surface area contributed by atoms with Crippen LogP contribution in [-0.2, 0) is 4.79 Å². The van der Waals surface area contributed by atoms with Crippen LogP contribution in [0.1, 0.15) is 36.2 Å². The number of hydrogen-bond donors (Lipinski definition) is 2. The van der Waals surface area contributed by atoms with Crippen molar-refractivity contribution in [2.75, 3.05) is 6.54 Å². The summed E-state index contributed by atoms with van der Waals surface area (Å²) in [5, 5.41) is 16.7. The van der Waals surface area contributed by atoms with Crippen LogP contribution in [0.15, 0.2) is 47.3 Å². The van der Waals surface area contributed by atoms with Crippen LogP contribution < -0.4 is 5.56 Å². The van der Waals surface area contributed by atoms with E-state index in [4.69, 9.17) is 0 Å². The van der Waals surface area contributed by atoms with Gasteiger partial charge in [-0.05, 0) is 24.5 Å². The van der Waals surface area contributed by atoms with E-state index in [1.54, 1.807) is 35.2 Å². The van der Waals surface area contributed by atoms with Gasteiger partial charge in [0.15, 0.2) is 6.10 Å². The lowest BCUT2D eigenvalue weighted by atomic mass is 10.1. The molecule has 1 aromatic heterocycles. The molecule has 0 saturated carbocycles. The SMILES string of the molecule is O=C([C@H](O)c1ccccc1)N1CCCC1c1ccc(=O)[nH]n1. The smallest absolute Gasteiger partial charge is 0.264 e. The van der Waals surface area contributed by atoms with Gasteiger partial charge < -0.3 is 10.0 Å². The predicted octanol–water partition coefficient (Wildman–Crippen LogP) is 1.17. The number of hydrogen-bond acceptors (Lipinski definition) is 4. The molecule has 1 aliphatic rings. The van der Waals surface area contributed by atoms with Crippen LogP contribution in [0.2, 0.25) is 0 Å². The average molecular weight is 299 g/mol. The summed E-state index contributed by atoms with van der Waals surface area (Å²) in [6.45, 7) is 0.578. The molecule has 3 rings (SSSR count). The van der Waals surface area contributed by atoms with Crippen LogP contribution >= 0.6 is 0 Å². The van der Waals surface area contributed by atoms with Gasteiger partial charge in [-0.2, -0.15) is 5.10 Å². The number of likely N-dealkylation sites (tertiary alicyclic amines) is 1. The number of aliphatic hydroxyl groups excluding tert-OH is 1. The highest BCUT2D eigenvalue weighted by Crippen LogP contribution is 2.32. The third-order valence-corrected chi connectivity index (χ3v) is 3.93. The summed E-state index contributed by atoms with van der Waals surface area (Å²) in [6.07, 6.45) is 0.440. The fourth-order valence-electron chi connectivity index (χ4n) is 2.81.